The molecule has 0 saturated carbocycles. The zero-order valence-electron chi connectivity index (χ0n) is 6.31. The van der Waals surface area contributed by atoms with Crippen molar-refractivity contribution < 1.29 is 0 Å². The van der Waals surface area contributed by atoms with Crippen LogP contribution in [0.1, 0.15) is 0 Å². The Kier molecular flexibility index (Phi) is 2.46. The molecule has 2 heterocycles. The molecule has 5 nitrogen and oxygen atoms in total. The molecule has 66 valence electrons. The normalized spacial score (nSPS) is 9.92. The number of halogens is 1. The third-order valence-corrected chi connectivity index (χ3v) is 2.23. The van der Waals surface area contributed by atoms with Gasteiger partial charge in [-0.1, -0.05) is 11.3 Å². The van der Waals surface area contributed by atoms with E-state index in [0.717, 1.165) is 0 Å². The van der Waals surface area contributed by atoms with Gasteiger partial charge in [0.15, 0.2) is 5.82 Å². The third-order valence-electron chi connectivity index (χ3n) is 1.22. The van der Waals surface area contributed by atoms with Crippen LogP contribution in [0.15, 0.2) is 22.5 Å². The molecule has 0 aliphatic carbocycles. The summed E-state index contributed by atoms with van der Waals surface area (Å²) in [5.41, 5.74) is 1.65. The molecule has 0 aromatic carbocycles. The second-order valence-electron chi connectivity index (χ2n) is 2.09. The maximum absolute atomic E-state index is 4.07. The molecule has 0 unspecified atom stereocenters. The quantitative estimate of drug-likeness (QED) is 0.890. The van der Waals surface area contributed by atoms with Crippen molar-refractivity contribution in [1.29, 1.82) is 0 Å². The smallest absolute Gasteiger partial charge is 0.211 e. The standard InChI is InChI=1S/C6H4BrN5S/c7-4-1-9-5(2-8-4)11-6-12-10-3-13-6/h1-3H,(H,9,11,12). The zero-order chi connectivity index (χ0) is 9.10. The van der Waals surface area contributed by atoms with Gasteiger partial charge in [-0.2, -0.15) is 0 Å². The summed E-state index contributed by atoms with van der Waals surface area (Å²) < 4.78 is 0.704. The molecule has 0 bridgehead atoms. The number of nitrogens with zero attached hydrogens (tertiary/aromatic N) is 4. The van der Waals surface area contributed by atoms with Crippen LogP contribution in [0, 0.1) is 0 Å². The Morgan fingerprint density at radius 2 is 2.23 bits per heavy atom. The van der Waals surface area contributed by atoms with Crippen LogP contribution in [0.3, 0.4) is 0 Å². The highest BCUT2D eigenvalue weighted by Crippen LogP contribution is 2.14. The maximum atomic E-state index is 4.07. The number of aromatic nitrogens is 4. The largest absolute Gasteiger partial charge is 0.313 e. The van der Waals surface area contributed by atoms with E-state index in [1.165, 1.54) is 11.3 Å². The van der Waals surface area contributed by atoms with Crippen LogP contribution < -0.4 is 5.32 Å². The number of hydrogen-bond acceptors (Lipinski definition) is 6. The number of nitrogens with one attached hydrogen (secondary N) is 1. The fraction of sp³-hybridized carbons (Fsp3) is 0. The highest BCUT2D eigenvalue weighted by atomic mass is 79.9. The first-order valence-electron chi connectivity index (χ1n) is 3.35. The van der Waals surface area contributed by atoms with Gasteiger partial charge in [0.05, 0.1) is 12.4 Å². The minimum absolute atomic E-state index is 0.653. The van der Waals surface area contributed by atoms with Crippen LogP contribution in [-0.2, 0) is 0 Å². The van der Waals surface area contributed by atoms with Crippen LogP contribution >= 0.6 is 27.3 Å². The summed E-state index contributed by atoms with van der Waals surface area (Å²) in [4.78, 5) is 8.08. The van der Waals surface area contributed by atoms with Crippen molar-refractivity contribution in [2.24, 2.45) is 0 Å². The van der Waals surface area contributed by atoms with Crippen LogP contribution in [-0.4, -0.2) is 20.2 Å². The minimum atomic E-state index is 0.653. The van der Waals surface area contributed by atoms with E-state index in [1.54, 1.807) is 17.9 Å². The van der Waals surface area contributed by atoms with Gasteiger partial charge >= 0.3 is 0 Å². The summed E-state index contributed by atoms with van der Waals surface area (Å²) in [5.74, 6) is 0.653. The van der Waals surface area contributed by atoms with E-state index < -0.39 is 0 Å². The van der Waals surface area contributed by atoms with Gasteiger partial charge in [-0.15, -0.1) is 10.2 Å². The predicted octanol–water partition coefficient (Wildman–Crippen LogP) is 1.83. The van der Waals surface area contributed by atoms with Crippen molar-refractivity contribution in [2.75, 3.05) is 5.32 Å². The highest BCUT2D eigenvalue weighted by molar-refractivity contribution is 9.10. The first-order chi connectivity index (χ1) is 6.34. The third kappa shape index (κ3) is 2.19. The molecule has 2 aromatic rings. The zero-order valence-corrected chi connectivity index (χ0v) is 8.71. The SMILES string of the molecule is Brc1cnc(Nc2nncs2)cn1. The van der Waals surface area contributed by atoms with Crippen molar-refractivity contribution in [3.8, 4) is 0 Å². The molecule has 0 atom stereocenters. The first kappa shape index (κ1) is 8.52. The molecule has 0 spiro atoms. The predicted molar refractivity (Wildman–Crippen MR) is 52.9 cm³/mol. The molecular weight excluding hydrogens is 254 g/mol. The Balaban J connectivity index is 2.15. The van der Waals surface area contributed by atoms with Gasteiger partial charge in [0.1, 0.15) is 10.1 Å². The summed E-state index contributed by atoms with van der Waals surface area (Å²) in [7, 11) is 0. The van der Waals surface area contributed by atoms with Gasteiger partial charge in [0, 0.05) is 0 Å². The van der Waals surface area contributed by atoms with Gasteiger partial charge in [-0.05, 0) is 15.9 Å². The van der Waals surface area contributed by atoms with Crippen molar-refractivity contribution in [2.45, 2.75) is 0 Å². The average molecular weight is 258 g/mol. The van der Waals surface area contributed by atoms with Crippen molar-refractivity contribution >= 4 is 38.2 Å². The van der Waals surface area contributed by atoms with E-state index in [4.69, 9.17) is 0 Å². The molecule has 1 N–H and O–H groups in total. The molecule has 0 saturated heterocycles. The van der Waals surface area contributed by atoms with Crippen molar-refractivity contribution in [3.63, 3.8) is 0 Å². The monoisotopic (exact) mass is 257 g/mol. The summed E-state index contributed by atoms with van der Waals surface area (Å²) in [5, 5.41) is 11.2. The molecular formula is C6H4BrN5S. The Hall–Kier alpha value is -1.08. The summed E-state index contributed by atoms with van der Waals surface area (Å²) in [6, 6.07) is 0. The van der Waals surface area contributed by atoms with E-state index in [0.29, 0.717) is 15.6 Å². The van der Waals surface area contributed by atoms with Crippen molar-refractivity contribution in [3.05, 3.63) is 22.5 Å². The second kappa shape index (κ2) is 3.75. The molecule has 0 aliphatic heterocycles. The van der Waals surface area contributed by atoms with Crippen LogP contribution in [0.25, 0.3) is 0 Å². The van der Waals surface area contributed by atoms with Crippen LogP contribution in [0.2, 0.25) is 0 Å². The van der Waals surface area contributed by atoms with Gasteiger partial charge in [-0.25, -0.2) is 9.97 Å². The van der Waals surface area contributed by atoms with E-state index in [2.05, 4.69) is 41.4 Å². The lowest BCUT2D eigenvalue weighted by molar-refractivity contribution is 1.08. The molecule has 2 rings (SSSR count). The first-order valence-corrected chi connectivity index (χ1v) is 5.02. The Labute approximate surface area is 86.4 Å². The fourth-order valence-corrected chi connectivity index (χ4v) is 1.37. The minimum Gasteiger partial charge on any atom is -0.313 e. The topological polar surface area (TPSA) is 63.6 Å². The van der Waals surface area contributed by atoms with E-state index in [-0.39, 0.29) is 0 Å². The second-order valence-corrected chi connectivity index (χ2v) is 3.74. The molecule has 2 aromatic heterocycles. The Morgan fingerprint density at radius 1 is 1.31 bits per heavy atom. The lowest BCUT2D eigenvalue weighted by Gasteiger charge is -1.98. The number of hydrogen-bond donors (Lipinski definition) is 1. The Bertz CT molecular complexity index is 372. The molecule has 7 heteroatoms. The maximum Gasteiger partial charge on any atom is 0.211 e. The Morgan fingerprint density at radius 3 is 2.85 bits per heavy atom. The fourth-order valence-electron chi connectivity index (χ4n) is 0.714. The summed E-state index contributed by atoms with van der Waals surface area (Å²) in [6.07, 6.45) is 3.23. The molecule has 0 fully saturated rings. The lowest BCUT2D eigenvalue weighted by Crippen LogP contribution is -1.93. The van der Waals surface area contributed by atoms with Crippen LogP contribution in [0.4, 0.5) is 10.9 Å². The number of rotatable bonds is 2. The molecule has 13 heavy (non-hydrogen) atoms. The van der Waals surface area contributed by atoms with E-state index in [1.807, 2.05) is 0 Å². The average Bonchev–Trinajstić information content (AvgIpc) is 2.62. The molecule has 0 radical (unpaired) electrons. The van der Waals surface area contributed by atoms with Gasteiger partial charge in [-0.3, -0.25) is 0 Å². The number of anilines is 2. The van der Waals surface area contributed by atoms with Gasteiger partial charge < -0.3 is 5.32 Å². The lowest BCUT2D eigenvalue weighted by atomic mass is 10.7. The molecule has 0 aliphatic rings. The summed E-state index contributed by atoms with van der Waals surface area (Å²) in [6.45, 7) is 0. The van der Waals surface area contributed by atoms with E-state index >= 15 is 0 Å². The highest BCUT2D eigenvalue weighted by Gasteiger charge is 1.98. The van der Waals surface area contributed by atoms with Gasteiger partial charge in [0.25, 0.3) is 0 Å². The molecule has 0 amide bonds. The van der Waals surface area contributed by atoms with Crippen molar-refractivity contribution in [1.82, 2.24) is 20.2 Å². The van der Waals surface area contributed by atoms with E-state index in [9.17, 15) is 0 Å². The van der Waals surface area contributed by atoms with Gasteiger partial charge in [0.2, 0.25) is 5.13 Å². The van der Waals surface area contributed by atoms with Crippen LogP contribution in [0.5, 0.6) is 0 Å². The summed E-state index contributed by atoms with van der Waals surface area (Å²) >= 11 is 4.61.